The van der Waals surface area contributed by atoms with Crippen molar-refractivity contribution in [3.05, 3.63) is 0 Å². The average Bonchev–Trinajstić information content (AvgIpc) is 2.47. The molecular weight excluding hydrogens is 254 g/mol. The Morgan fingerprint density at radius 1 is 1.10 bits per heavy atom. The summed E-state index contributed by atoms with van der Waals surface area (Å²) in [7, 11) is 1.75. The summed E-state index contributed by atoms with van der Waals surface area (Å²) in [5.74, 6) is 0.721. The van der Waals surface area contributed by atoms with Crippen molar-refractivity contribution in [2.45, 2.75) is 58.5 Å². The van der Waals surface area contributed by atoms with E-state index in [9.17, 15) is 9.59 Å². The second-order valence-corrected chi connectivity index (χ2v) is 6.65. The van der Waals surface area contributed by atoms with Gasteiger partial charge in [0.05, 0.1) is 6.10 Å². The van der Waals surface area contributed by atoms with E-state index in [0.29, 0.717) is 12.0 Å². The standard InChI is InChI=1S/C16H27NO3/c1-12(18)16(2)8-10-17(11-9-16)15(19)13-4-6-14(20-3)7-5-13/h13-14H,4-11H2,1-3H3. The second-order valence-electron chi connectivity index (χ2n) is 6.65. The first-order valence-corrected chi connectivity index (χ1v) is 7.79. The predicted octanol–water partition coefficient (Wildman–Crippen LogP) is 2.41. The molecule has 4 heteroatoms. The first kappa shape index (κ1) is 15.5. The van der Waals surface area contributed by atoms with Crippen LogP contribution in [0.5, 0.6) is 0 Å². The van der Waals surface area contributed by atoms with Crippen molar-refractivity contribution in [3.8, 4) is 0 Å². The van der Waals surface area contributed by atoms with Crippen LogP contribution in [-0.4, -0.2) is 42.9 Å². The van der Waals surface area contributed by atoms with Gasteiger partial charge in [-0.3, -0.25) is 9.59 Å². The summed E-state index contributed by atoms with van der Waals surface area (Å²) < 4.78 is 5.36. The zero-order valence-electron chi connectivity index (χ0n) is 13.0. The number of rotatable bonds is 3. The van der Waals surface area contributed by atoms with E-state index < -0.39 is 0 Å². The molecule has 1 aliphatic carbocycles. The minimum absolute atomic E-state index is 0.170. The Morgan fingerprint density at radius 2 is 1.65 bits per heavy atom. The maximum absolute atomic E-state index is 12.5. The molecule has 1 heterocycles. The van der Waals surface area contributed by atoms with Crippen LogP contribution in [0.1, 0.15) is 52.4 Å². The van der Waals surface area contributed by atoms with Gasteiger partial charge in [0.25, 0.3) is 0 Å². The van der Waals surface area contributed by atoms with Crippen LogP contribution in [0.15, 0.2) is 0 Å². The average molecular weight is 281 g/mol. The van der Waals surface area contributed by atoms with Gasteiger partial charge in [0, 0.05) is 31.5 Å². The van der Waals surface area contributed by atoms with Gasteiger partial charge in [0.15, 0.2) is 0 Å². The van der Waals surface area contributed by atoms with Crippen molar-refractivity contribution < 1.29 is 14.3 Å². The molecule has 0 aromatic carbocycles. The Balaban J connectivity index is 1.85. The van der Waals surface area contributed by atoms with Crippen molar-refractivity contribution >= 4 is 11.7 Å². The summed E-state index contributed by atoms with van der Waals surface area (Å²) in [5, 5.41) is 0. The lowest BCUT2D eigenvalue weighted by molar-refractivity contribution is -0.142. The highest BCUT2D eigenvalue weighted by atomic mass is 16.5. The third-order valence-corrected chi connectivity index (χ3v) is 5.39. The fraction of sp³-hybridized carbons (Fsp3) is 0.875. The van der Waals surface area contributed by atoms with E-state index in [2.05, 4.69) is 0 Å². The van der Waals surface area contributed by atoms with Gasteiger partial charge in [-0.05, 0) is 45.4 Å². The quantitative estimate of drug-likeness (QED) is 0.798. The smallest absolute Gasteiger partial charge is 0.225 e. The van der Waals surface area contributed by atoms with E-state index in [4.69, 9.17) is 4.74 Å². The first-order chi connectivity index (χ1) is 9.46. The van der Waals surface area contributed by atoms with Crippen LogP contribution < -0.4 is 0 Å². The number of carbonyl (C=O) groups excluding carboxylic acids is 2. The van der Waals surface area contributed by atoms with E-state index in [1.807, 2.05) is 11.8 Å². The van der Waals surface area contributed by atoms with Gasteiger partial charge in [0.2, 0.25) is 5.91 Å². The molecule has 4 nitrogen and oxygen atoms in total. The molecule has 0 atom stereocenters. The van der Waals surface area contributed by atoms with Gasteiger partial charge in [-0.2, -0.15) is 0 Å². The molecular formula is C16H27NO3. The molecule has 0 aromatic heterocycles. The number of likely N-dealkylation sites (tertiary alicyclic amines) is 1. The zero-order valence-corrected chi connectivity index (χ0v) is 13.0. The van der Waals surface area contributed by atoms with Crippen molar-refractivity contribution in [1.29, 1.82) is 0 Å². The molecule has 0 unspecified atom stereocenters. The van der Waals surface area contributed by atoms with Crippen molar-refractivity contribution in [2.24, 2.45) is 11.3 Å². The SMILES string of the molecule is COC1CCC(C(=O)N2CCC(C)(C(C)=O)CC2)CC1. The number of nitrogens with zero attached hydrogens (tertiary/aromatic N) is 1. The number of amides is 1. The summed E-state index contributed by atoms with van der Waals surface area (Å²) in [5.41, 5.74) is -0.218. The Kier molecular flexibility index (Phi) is 4.84. The molecule has 0 bridgehead atoms. The van der Waals surface area contributed by atoms with E-state index in [1.54, 1.807) is 14.0 Å². The molecule has 1 aliphatic heterocycles. The Hall–Kier alpha value is -0.900. The highest BCUT2D eigenvalue weighted by molar-refractivity contribution is 5.83. The van der Waals surface area contributed by atoms with Gasteiger partial charge < -0.3 is 9.64 Å². The Bertz CT molecular complexity index is 364. The number of ether oxygens (including phenoxy) is 1. The van der Waals surface area contributed by atoms with Crippen molar-refractivity contribution in [3.63, 3.8) is 0 Å². The molecule has 20 heavy (non-hydrogen) atoms. The summed E-state index contributed by atoms with van der Waals surface area (Å²) >= 11 is 0. The third-order valence-electron chi connectivity index (χ3n) is 5.39. The Morgan fingerprint density at radius 3 is 2.10 bits per heavy atom. The lowest BCUT2D eigenvalue weighted by Gasteiger charge is -2.40. The van der Waals surface area contributed by atoms with E-state index >= 15 is 0 Å². The number of methoxy groups -OCH3 is 1. The molecule has 1 saturated carbocycles. The van der Waals surface area contributed by atoms with Crippen LogP contribution in [0, 0.1) is 11.3 Å². The van der Waals surface area contributed by atoms with E-state index in [-0.39, 0.29) is 17.1 Å². The molecule has 0 N–H and O–H groups in total. The number of hydrogen-bond acceptors (Lipinski definition) is 3. The highest BCUT2D eigenvalue weighted by Crippen LogP contribution is 2.34. The van der Waals surface area contributed by atoms with E-state index in [1.165, 1.54) is 0 Å². The molecule has 1 saturated heterocycles. The molecule has 1 amide bonds. The number of piperidine rings is 1. The predicted molar refractivity (Wildman–Crippen MR) is 77.4 cm³/mol. The largest absolute Gasteiger partial charge is 0.381 e. The molecule has 2 aliphatic rings. The molecule has 0 spiro atoms. The molecule has 114 valence electrons. The van der Waals surface area contributed by atoms with Gasteiger partial charge in [-0.25, -0.2) is 0 Å². The number of carbonyl (C=O) groups is 2. The topological polar surface area (TPSA) is 46.6 Å². The molecule has 0 aromatic rings. The maximum Gasteiger partial charge on any atom is 0.225 e. The maximum atomic E-state index is 12.5. The minimum atomic E-state index is -0.218. The van der Waals surface area contributed by atoms with Crippen LogP contribution in [0.3, 0.4) is 0 Å². The van der Waals surface area contributed by atoms with Crippen molar-refractivity contribution in [2.75, 3.05) is 20.2 Å². The van der Waals surface area contributed by atoms with Gasteiger partial charge in [-0.15, -0.1) is 0 Å². The fourth-order valence-corrected chi connectivity index (χ4v) is 3.38. The summed E-state index contributed by atoms with van der Waals surface area (Å²) in [6.45, 7) is 5.17. The van der Waals surface area contributed by atoms with Crippen LogP contribution in [0.25, 0.3) is 0 Å². The fourth-order valence-electron chi connectivity index (χ4n) is 3.38. The highest BCUT2D eigenvalue weighted by Gasteiger charge is 2.37. The third kappa shape index (κ3) is 3.22. The normalized spacial score (nSPS) is 30.1. The summed E-state index contributed by atoms with van der Waals surface area (Å²) in [6.07, 6.45) is 5.82. The van der Waals surface area contributed by atoms with Gasteiger partial charge >= 0.3 is 0 Å². The van der Waals surface area contributed by atoms with Gasteiger partial charge in [0.1, 0.15) is 5.78 Å². The van der Waals surface area contributed by atoms with Crippen molar-refractivity contribution in [1.82, 2.24) is 4.90 Å². The molecule has 2 rings (SSSR count). The van der Waals surface area contributed by atoms with E-state index in [0.717, 1.165) is 51.6 Å². The molecule has 0 radical (unpaired) electrons. The summed E-state index contributed by atoms with van der Waals surface area (Å²) in [6, 6.07) is 0. The minimum Gasteiger partial charge on any atom is -0.381 e. The van der Waals surface area contributed by atoms with Crippen LogP contribution >= 0.6 is 0 Å². The van der Waals surface area contributed by atoms with Gasteiger partial charge in [-0.1, -0.05) is 6.92 Å². The monoisotopic (exact) mass is 281 g/mol. The zero-order chi connectivity index (χ0) is 14.8. The molecule has 2 fully saturated rings. The van der Waals surface area contributed by atoms with Crippen LogP contribution in [0.4, 0.5) is 0 Å². The lowest BCUT2D eigenvalue weighted by Crippen LogP contribution is -2.47. The lowest BCUT2D eigenvalue weighted by atomic mass is 9.76. The van der Waals surface area contributed by atoms with Crippen LogP contribution in [0.2, 0.25) is 0 Å². The number of hydrogen-bond donors (Lipinski definition) is 0. The second kappa shape index (κ2) is 6.25. The van der Waals surface area contributed by atoms with Crippen LogP contribution in [-0.2, 0) is 14.3 Å². The first-order valence-electron chi connectivity index (χ1n) is 7.79. The Labute approximate surface area is 121 Å². The number of Topliss-reactive ketones (excluding diaryl/α,β-unsaturated/α-hetero) is 1. The summed E-state index contributed by atoms with van der Waals surface area (Å²) in [4.78, 5) is 26.2. The number of ketones is 1.